The minimum absolute atomic E-state index is 0.0129. The predicted molar refractivity (Wildman–Crippen MR) is 94.9 cm³/mol. The summed E-state index contributed by atoms with van der Waals surface area (Å²) in [6.07, 6.45) is 11.6. The van der Waals surface area contributed by atoms with Gasteiger partial charge in [0.05, 0.1) is 12.7 Å². The van der Waals surface area contributed by atoms with E-state index in [1.54, 1.807) is 0 Å². The van der Waals surface area contributed by atoms with Crippen molar-refractivity contribution in [2.75, 3.05) is 6.61 Å². The number of ether oxygens (including phenoxy) is 2. The summed E-state index contributed by atoms with van der Waals surface area (Å²) in [7, 11) is 0. The Kier molecular flexibility index (Phi) is 4.59. The lowest BCUT2D eigenvalue weighted by Crippen LogP contribution is -2.49. The molecule has 4 nitrogen and oxygen atoms in total. The summed E-state index contributed by atoms with van der Waals surface area (Å²) in [5.74, 6) is 3.47. The number of rotatable bonds is 2. The van der Waals surface area contributed by atoms with Gasteiger partial charge in [-0.3, -0.25) is 0 Å². The van der Waals surface area contributed by atoms with Crippen molar-refractivity contribution in [1.82, 2.24) is 0 Å². The highest BCUT2D eigenvalue weighted by atomic mass is 16.7. The lowest BCUT2D eigenvalue weighted by molar-refractivity contribution is -0.0836. The lowest BCUT2D eigenvalue weighted by atomic mass is 9.51. The molecule has 0 spiro atoms. The zero-order chi connectivity index (χ0) is 17.6. The number of aliphatic hydroxyl groups excluding tert-OH is 1. The molecule has 0 aromatic heterocycles. The SMILES string of the molecule is CCOC(=O)O[C@H]1CC[C@H]2[C@@H]3CC[C@H]4CC(O)C=C[C@@H]4[C@H]3CC[C@]12C. The first-order chi connectivity index (χ1) is 12.0. The number of hydrogen-bond acceptors (Lipinski definition) is 4. The lowest BCUT2D eigenvalue weighted by Gasteiger charge is -2.54. The van der Waals surface area contributed by atoms with E-state index >= 15 is 0 Å². The molecule has 4 rings (SSSR count). The molecule has 4 aliphatic carbocycles. The Bertz CT molecular complexity index is 544. The van der Waals surface area contributed by atoms with E-state index in [-0.39, 0.29) is 17.6 Å². The smallest absolute Gasteiger partial charge is 0.435 e. The van der Waals surface area contributed by atoms with E-state index in [1.807, 2.05) is 13.0 Å². The summed E-state index contributed by atoms with van der Waals surface area (Å²) in [6.45, 7) is 4.54. The van der Waals surface area contributed by atoms with Gasteiger partial charge >= 0.3 is 6.16 Å². The van der Waals surface area contributed by atoms with Crippen LogP contribution in [-0.2, 0) is 9.47 Å². The number of hydrogen-bond donors (Lipinski definition) is 1. The summed E-state index contributed by atoms with van der Waals surface area (Å²) in [6, 6.07) is 0. The predicted octanol–water partition coefficient (Wildman–Crippen LogP) is 4.32. The van der Waals surface area contributed by atoms with Crippen molar-refractivity contribution in [3.05, 3.63) is 12.2 Å². The second-order valence-corrected chi connectivity index (χ2v) is 8.95. The molecule has 0 bridgehead atoms. The highest BCUT2D eigenvalue weighted by molar-refractivity contribution is 5.60. The van der Waals surface area contributed by atoms with Crippen molar-refractivity contribution in [2.24, 2.45) is 35.0 Å². The van der Waals surface area contributed by atoms with Crippen LogP contribution >= 0.6 is 0 Å². The van der Waals surface area contributed by atoms with Gasteiger partial charge in [-0.2, -0.15) is 0 Å². The van der Waals surface area contributed by atoms with Crippen LogP contribution in [0.5, 0.6) is 0 Å². The molecule has 4 heteroatoms. The van der Waals surface area contributed by atoms with Crippen LogP contribution in [-0.4, -0.2) is 30.1 Å². The Balaban J connectivity index is 1.50. The second-order valence-electron chi connectivity index (χ2n) is 8.95. The van der Waals surface area contributed by atoms with Crippen LogP contribution in [0.1, 0.15) is 58.8 Å². The molecule has 1 N–H and O–H groups in total. The van der Waals surface area contributed by atoms with Crippen LogP contribution in [0.2, 0.25) is 0 Å². The van der Waals surface area contributed by atoms with Crippen molar-refractivity contribution in [1.29, 1.82) is 0 Å². The van der Waals surface area contributed by atoms with Crippen LogP contribution in [0, 0.1) is 35.0 Å². The molecule has 0 heterocycles. The van der Waals surface area contributed by atoms with Crippen LogP contribution in [0.3, 0.4) is 0 Å². The molecule has 0 radical (unpaired) electrons. The fraction of sp³-hybridized carbons (Fsp3) is 0.857. The average molecular weight is 348 g/mol. The molecule has 0 aromatic carbocycles. The van der Waals surface area contributed by atoms with Crippen molar-refractivity contribution >= 4 is 6.16 Å². The van der Waals surface area contributed by atoms with Gasteiger partial charge in [-0.05, 0) is 81.5 Å². The van der Waals surface area contributed by atoms with Crippen LogP contribution < -0.4 is 0 Å². The van der Waals surface area contributed by atoms with Gasteiger partial charge in [-0.15, -0.1) is 0 Å². The fourth-order valence-electron chi connectivity index (χ4n) is 6.79. The highest BCUT2D eigenvalue weighted by Crippen LogP contribution is 2.62. The van der Waals surface area contributed by atoms with Gasteiger partial charge in [0, 0.05) is 5.41 Å². The normalized spacial score (nSPS) is 48.2. The third-order valence-corrected chi connectivity index (χ3v) is 7.92. The van der Waals surface area contributed by atoms with E-state index in [2.05, 4.69) is 13.0 Å². The summed E-state index contributed by atoms with van der Waals surface area (Å²) in [5, 5.41) is 9.95. The Morgan fingerprint density at radius 1 is 1.16 bits per heavy atom. The molecule has 4 aliphatic rings. The molecule has 25 heavy (non-hydrogen) atoms. The van der Waals surface area contributed by atoms with E-state index in [1.165, 1.54) is 25.7 Å². The minimum atomic E-state index is -0.496. The standard InChI is InChI=1S/C21H32O4/c1-3-24-20(23)25-19-9-8-18-17-6-4-13-12-14(22)5-7-15(13)16(17)10-11-21(18,19)2/h5,7,13-19,22H,3-4,6,8-12H2,1-2H3/t13-,14?,15-,16+,17+,18-,19-,21-/m0/s1. The first-order valence-electron chi connectivity index (χ1n) is 10.2. The third kappa shape index (κ3) is 2.90. The molecule has 8 atom stereocenters. The summed E-state index contributed by atoms with van der Waals surface area (Å²) in [5.41, 5.74) is 0.110. The Hall–Kier alpha value is -1.03. The maximum Gasteiger partial charge on any atom is 0.508 e. The molecular weight excluding hydrogens is 316 g/mol. The molecule has 3 fully saturated rings. The molecular formula is C21H32O4. The van der Waals surface area contributed by atoms with Crippen LogP contribution in [0.4, 0.5) is 4.79 Å². The van der Waals surface area contributed by atoms with E-state index in [4.69, 9.17) is 9.47 Å². The highest BCUT2D eigenvalue weighted by Gasteiger charge is 2.57. The van der Waals surface area contributed by atoms with E-state index < -0.39 is 6.16 Å². The van der Waals surface area contributed by atoms with Crippen molar-refractivity contribution in [3.8, 4) is 0 Å². The summed E-state index contributed by atoms with van der Waals surface area (Å²) in [4.78, 5) is 11.8. The van der Waals surface area contributed by atoms with Gasteiger partial charge in [-0.25, -0.2) is 4.79 Å². The minimum Gasteiger partial charge on any atom is -0.435 e. The monoisotopic (exact) mass is 348 g/mol. The maximum absolute atomic E-state index is 11.8. The number of fused-ring (bicyclic) bond motifs is 5. The van der Waals surface area contributed by atoms with Crippen molar-refractivity contribution < 1.29 is 19.4 Å². The number of aliphatic hydroxyl groups is 1. The van der Waals surface area contributed by atoms with Crippen LogP contribution in [0.15, 0.2) is 12.2 Å². The van der Waals surface area contributed by atoms with Gasteiger partial charge < -0.3 is 14.6 Å². The van der Waals surface area contributed by atoms with E-state index in [0.29, 0.717) is 24.4 Å². The Morgan fingerprint density at radius 2 is 2.00 bits per heavy atom. The molecule has 0 saturated heterocycles. The topological polar surface area (TPSA) is 55.8 Å². The number of carbonyl (C=O) groups excluding carboxylic acids is 1. The van der Waals surface area contributed by atoms with E-state index in [9.17, 15) is 9.90 Å². The van der Waals surface area contributed by atoms with Gasteiger partial charge in [0.1, 0.15) is 6.10 Å². The number of allylic oxidation sites excluding steroid dienone is 1. The first-order valence-corrected chi connectivity index (χ1v) is 10.2. The van der Waals surface area contributed by atoms with E-state index in [0.717, 1.165) is 31.1 Å². The molecule has 1 unspecified atom stereocenters. The van der Waals surface area contributed by atoms with Gasteiger partial charge in [0.25, 0.3) is 0 Å². The Morgan fingerprint density at radius 3 is 2.80 bits per heavy atom. The molecule has 0 aromatic rings. The zero-order valence-corrected chi connectivity index (χ0v) is 15.5. The second kappa shape index (κ2) is 6.61. The zero-order valence-electron chi connectivity index (χ0n) is 15.5. The molecule has 0 aliphatic heterocycles. The Labute approximate surface area is 151 Å². The van der Waals surface area contributed by atoms with Crippen LogP contribution in [0.25, 0.3) is 0 Å². The average Bonchev–Trinajstić information content (AvgIpc) is 2.91. The number of carbonyl (C=O) groups is 1. The quantitative estimate of drug-likeness (QED) is 0.596. The molecule has 3 saturated carbocycles. The molecule has 140 valence electrons. The largest absolute Gasteiger partial charge is 0.508 e. The first kappa shape index (κ1) is 17.4. The molecule has 0 amide bonds. The van der Waals surface area contributed by atoms with Gasteiger partial charge in [0.15, 0.2) is 0 Å². The van der Waals surface area contributed by atoms with Gasteiger partial charge in [0.2, 0.25) is 0 Å². The summed E-state index contributed by atoms with van der Waals surface area (Å²) >= 11 is 0. The third-order valence-electron chi connectivity index (χ3n) is 7.92. The summed E-state index contributed by atoms with van der Waals surface area (Å²) < 4.78 is 10.7. The van der Waals surface area contributed by atoms with Gasteiger partial charge in [-0.1, -0.05) is 19.1 Å². The van der Waals surface area contributed by atoms with Crippen molar-refractivity contribution in [2.45, 2.75) is 71.0 Å². The maximum atomic E-state index is 11.8. The fourth-order valence-corrected chi connectivity index (χ4v) is 6.79. The van der Waals surface area contributed by atoms with Crippen molar-refractivity contribution in [3.63, 3.8) is 0 Å².